The van der Waals surface area contributed by atoms with E-state index in [4.69, 9.17) is 0 Å². The normalized spacial score (nSPS) is 15.9. The molecule has 0 atom stereocenters. The summed E-state index contributed by atoms with van der Waals surface area (Å²) < 4.78 is 0. The Kier molecular flexibility index (Phi) is 4.40. The van der Waals surface area contributed by atoms with Crippen molar-refractivity contribution in [1.82, 2.24) is 0 Å². The van der Waals surface area contributed by atoms with Crippen molar-refractivity contribution in [3.05, 3.63) is 65.8 Å². The van der Waals surface area contributed by atoms with Gasteiger partial charge in [0.15, 0.2) is 0 Å². The molecule has 0 aromatic heterocycles. The minimum Gasteiger partial charge on any atom is -0.507 e. The van der Waals surface area contributed by atoms with E-state index in [1.54, 1.807) is 0 Å². The molecule has 1 aromatic carbocycles. The van der Waals surface area contributed by atoms with Crippen molar-refractivity contribution in [1.29, 1.82) is 0 Å². The smallest absolute Gasteiger partial charge is 0.131 e. The molecule has 0 bridgehead atoms. The average molecular weight is 252 g/mol. The molecule has 1 aliphatic rings. The molecule has 0 saturated heterocycles. The molecule has 0 saturated carbocycles. The third kappa shape index (κ3) is 2.87. The van der Waals surface area contributed by atoms with Crippen LogP contribution in [0.1, 0.15) is 37.8 Å². The predicted molar refractivity (Wildman–Crippen MR) is 82.9 cm³/mol. The molecule has 0 amide bonds. The molecule has 1 heteroatoms. The third-order valence-electron chi connectivity index (χ3n) is 3.31. The van der Waals surface area contributed by atoms with Crippen molar-refractivity contribution >= 4 is 11.1 Å². The highest BCUT2D eigenvalue weighted by atomic mass is 16.3. The highest BCUT2D eigenvalue weighted by molar-refractivity contribution is 5.85. The second kappa shape index (κ2) is 6.24. The van der Waals surface area contributed by atoms with E-state index in [9.17, 15) is 5.11 Å². The molecule has 0 unspecified atom stereocenters. The monoisotopic (exact) mass is 252 g/mol. The Hall–Kier alpha value is -2.02. The molecular formula is C18H20O. The van der Waals surface area contributed by atoms with Crippen LogP contribution in [0.3, 0.4) is 0 Å². The zero-order chi connectivity index (χ0) is 13.7. The SMILES string of the molecule is C/C=C\C(=C/C)c1cccc(C2=CCCC=C2)c1O. The van der Waals surface area contributed by atoms with Gasteiger partial charge in [-0.3, -0.25) is 0 Å². The molecule has 0 radical (unpaired) electrons. The van der Waals surface area contributed by atoms with Gasteiger partial charge in [-0.2, -0.15) is 0 Å². The number of para-hydroxylation sites is 1. The topological polar surface area (TPSA) is 20.2 Å². The first-order valence-electron chi connectivity index (χ1n) is 6.76. The predicted octanol–water partition coefficient (Wildman–Crippen LogP) is 5.11. The van der Waals surface area contributed by atoms with Crippen molar-refractivity contribution in [2.24, 2.45) is 0 Å². The van der Waals surface area contributed by atoms with Crippen LogP contribution in [-0.2, 0) is 0 Å². The molecule has 1 nitrogen and oxygen atoms in total. The molecule has 19 heavy (non-hydrogen) atoms. The largest absolute Gasteiger partial charge is 0.507 e. The summed E-state index contributed by atoms with van der Waals surface area (Å²) in [5, 5.41) is 10.5. The van der Waals surface area contributed by atoms with Gasteiger partial charge in [0.25, 0.3) is 0 Å². The second-order valence-electron chi connectivity index (χ2n) is 4.58. The molecule has 2 rings (SSSR count). The van der Waals surface area contributed by atoms with Crippen molar-refractivity contribution in [2.75, 3.05) is 0 Å². The lowest BCUT2D eigenvalue weighted by Gasteiger charge is -2.13. The number of hydrogen-bond acceptors (Lipinski definition) is 1. The standard InChI is InChI=1S/C18H20O/c1-3-9-14(4-2)16-12-8-13-17(18(16)19)15-10-6-5-7-11-15/h3-4,6,8-13,19H,5,7H2,1-2H3/b9-3-,14-4+. The van der Waals surface area contributed by atoms with Crippen LogP contribution in [0.4, 0.5) is 0 Å². The van der Waals surface area contributed by atoms with Crippen LogP contribution in [0.25, 0.3) is 11.1 Å². The van der Waals surface area contributed by atoms with Gasteiger partial charge in [0.05, 0.1) is 0 Å². The van der Waals surface area contributed by atoms with Gasteiger partial charge in [-0.25, -0.2) is 0 Å². The Morgan fingerprint density at radius 2 is 2.05 bits per heavy atom. The minimum absolute atomic E-state index is 0.367. The van der Waals surface area contributed by atoms with E-state index in [1.807, 2.05) is 50.3 Å². The molecule has 1 aliphatic carbocycles. The lowest BCUT2D eigenvalue weighted by molar-refractivity contribution is 0.472. The number of rotatable bonds is 3. The molecular weight excluding hydrogens is 232 g/mol. The Morgan fingerprint density at radius 1 is 1.21 bits per heavy atom. The number of phenols is 1. The maximum absolute atomic E-state index is 10.5. The maximum atomic E-state index is 10.5. The minimum atomic E-state index is 0.367. The van der Waals surface area contributed by atoms with E-state index in [1.165, 1.54) is 0 Å². The molecule has 0 heterocycles. The van der Waals surface area contributed by atoms with E-state index < -0.39 is 0 Å². The zero-order valence-corrected chi connectivity index (χ0v) is 11.6. The van der Waals surface area contributed by atoms with Crippen LogP contribution >= 0.6 is 0 Å². The number of aromatic hydroxyl groups is 1. The molecule has 0 fully saturated rings. The summed E-state index contributed by atoms with van der Waals surface area (Å²) in [6.45, 7) is 3.97. The van der Waals surface area contributed by atoms with E-state index >= 15 is 0 Å². The summed E-state index contributed by atoms with van der Waals surface area (Å²) in [7, 11) is 0. The van der Waals surface area contributed by atoms with Crippen molar-refractivity contribution in [3.8, 4) is 5.75 Å². The van der Waals surface area contributed by atoms with Crippen LogP contribution in [-0.4, -0.2) is 5.11 Å². The summed E-state index contributed by atoms with van der Waals surface area (Å²) in [5.74, 6) is 0.367. The van der Waals surface area contributed by atoms with Gasteiger partial charge in [0.1, 0.15) is 5.75 Å². The Labute approximate surface area is 115 Å². The van der Waals surface area contributed by atoms with Crippen LogP contribution in [0.2, 0.25) is 0 Å². The maximum Gasteiger partial charge on any atom is 0.131 e. The lowest BCUT2D eigenvalue weighted by Crippen LogP contribution is -1.91. The third-order valence-corrected chi connectivity index (χ3v) is 3.31. The molecule has 98 valence electrons. The quantitative estimate of drug-likeness (QED) is 0.741. The van der Waals surface area contributed by atoms with Gasteiger partial charge in [0, 0.05) is 11.1 Å². The van der Waals surface area contributed by atoms with Gasteiger partial charge in [0.2, 0.25) is 0 Å². The Balaban J connectivity index is 2.49. The van der Waals surface area contributed by atoms with E-state index in [2.05, 4.69) is 18.2 Å². The first kappa shape index (κ1) is 13.4. The fraction of sp³-hybridized carbons (Fsp3) is 0.222. The fourth-order valence-corrected chi connectivity index (χ4v) is 2.34. The van der Waals surface area contributed by atoms with Crippen molar-refractivity contribution in [3.63, 3.8) is 0 Å². The van der Waals surface area contributed by atoms with Crippen LogP contribution in [0.15, 0.2) is 54.7 Å². The van der Waals surface area contributed by atoms with E-state index in [0.29, 0.717) is 5.75 Å². The summed E-state index contributed by atoms with van der Waals surface area (Å²) in [6, 6.07) is 5.94. The summed E-state index contributed by atoms with van der Waals surface area (Å²) in [5.41, 5.74) is 3.96. The number of benzene rings is 1. The number of hydrogen-bond donors (Lipinski definition) is 1. The molecule has 1 aromatic rings. The van der Waals surface area contributed by atoms with E-state index in [-0.39, 0.29) is 0 Å². The molecule has 0 spiro atoms. The van der Waals surface area contributed by atoms with Gasteiger partial charge < -0.3 is 5.11 Å². The first-order valence-corrected chi connectivity index (χ1v) is 6.76. The Bertz CT molecular complexity index is 549. The fourth-order valence-electron chi connectivity index (χ4n) is 2.34. The lowest BCUT2D eigenvalue weighted by atomic mass is 9.94. The highest BCUT2D eigenvalue weighted by Crippen LogP contribution is 2.35. The van der Waals surface area contributed by atoms with Gasteiger partial charge in [-0.1, -0.05) is 54.7 Å². The summed E-state index contributed by atoms with van der Waals surface area (Å²) in [6.07, 6.45) is 14.6. The van der Waals surface area contributed by atoms with Gasteiger partial charge in [-0.15, -0.1) is 0 Å². The summed E-state index contributed by atoms with van der Waals surface area (Å²) >= 11 is 0. The molecule has 1 N–H and O–H groups in total. The first-order chi connectivity index (χ1) is 9.27. The van der Waals surface area contributed by atoms with E-state index in [0.717, 1.165) is 35.1 Å². The number of phenolic OH excluding ortho intramolecular Hbond substituents is 1. The van der Waals surface area contributed by atoms with Crippen molar-refractivity contribution < 1.29 is 5.11 Å². The summed E-state index contributed by atoms with van der Waals surface area (Å²) in [4.78, 5) is 0. The van der Waals surface area contributed by atoms with Gasteiger partial charge in [-0.05, 0) is 37.8 Å². The van der Waals surface area contributed by atoms with Crippen molar-refractivity contribution in [2.45, 2.75) is 26.7 Å². The highest BCUT2D eigenvalue weighted by Gasteiger charge is 2.11. The Morgan fingerprint density at radius 3 is 2.68 bits per heavy atom. The molecule has 0 aliphatic heterocycles. The average Bonchev–Trinajstić information content (AvgIpc) is 2.46. The van der Waals surface area contributed by atoms with Crippen LogP contribution in [0, 0.1) is 0 Å². The second-order valence-corrected chi connectivity index (χ2v) is 4.58. The number of allylic oxidation sites excluding steroid dienone is 8. The van der Waals surface area contributed by atoms with Crippen LogP contribution < -0.4 is 0 Å². The van der Waals surface area contributed by atoms with Gasteiger partial charge >= 0.3 is 0 Å². The zero-order valence-electron chi connectivity index (χ0n) is 11.6. The van der Waals surface area contributed by atoms with Crippen LogP contribution in [0.5, 0.6) is 5.75 Å².